The fraction of sp³-hybridized carbons (Fsp3) is 0.467. The predicted octanol–water partition coefficient (Wildman–Crippen LogP) is 1.97. The summed E-state index contributed by atoms with van der Waals surface area (Å²) in [5.74, 6) is -0.946. The first-order valence-corrected chi connectivity index (χ1v) is 6.95. The van der Waals surface area contributed by atoms with Gasteiger partial charge in [0.15, 0.2) is 0 Å². The number of aliphatic hydroxyl groups excluding tert-OH is 1. The summed E-state index contributed by atoms with van der Waals surface area (Å²) in [6.07, 6.45) is 0.0145. The number of carbonyl (C=O) groups is 2. The highest BCUT2D eigenvalue weighted by molar-refractivity contribution is 6.06. The van der Waals surface area contributed by atoms with Gasteiger partial charge in [0.1, 0.15) is 11.4 Å². The molecule has 1 heterocycles. The highest BCUT2D eigenvalue weighted by Crippen LogP contribution is 2.25. The number of carbonyl (C=O) groups excluding carboxylic acids is 2. The van der Waals surface area contributed by atoms with Crippen molar-refractivity contribution in [3.63, 3.8) is 0 Å². The Morgan fingerprint density at radius 3 is 2.67 bits per heavy atom. The van der Waals surface area contributed by atoms with E-state index in [9.17, 15) is 19.1 Å². The van der Waals surface area contributed by atoms with E-state index < -0.39 is 23.5 Å². The van der Waals surface area contributed by atoms with Crippen molar-refractivity contribution in [3.05, 3.63) is 35.6 Å². The summed E-state index contributed by atoms with van der Waals surface area (Å²) in [6.45, 7) is 3.32. The van der Waals surface area contributed by atoms with Gasteiger partial charge in [-0.05, 0) is 19.4 Å². The molecule has 21 heavy (non-hydrogen) atoms. The molecule has 0 aromatic heterocycles. The van der Waals surface area contributed by atoms with E-state index in [1.165, 1.54) is 18.2 Å². The number of imide groups is 1. The standard InChI is InChI=1S/C15H19FN2O3/c1-3-8-15(2)13(20)18(14(21)17-15)9-12(19)10-6-4-5-7-11(10)16/h4-7,12,19H,3,8-9H2,1-2H3,(H,17,21)/t12-,15-/m0/s1. The molecule has 0 spiro atoms. The highest BCUT2D eigenvalue weighted by Gasteiger charge is 2.47. The molecule has 0 radical (unpaired) electrons. The van der Waals surface area contributed by atoms with Crippen molar-refractivity contribution in [1.29, 1.82) is 0 Å². The second-order valence-electron chi connectivity index (χ2n) is 5.47. The second-order valence-corrected chi connectivity index (χ2v) is 5.47. The first kappa shape index (κ1) is 15.4. The minimum atomic E-state index is -1.25. The lowest BCUT2D eigenvalue weighted by Crippen LogP contribution is -2.44. The van der Waals surface area contributed by atoms with Gasteiger partial charge in [-0.1, -0.05) is 31.5 Å². The minimum Gasteiger partial charge on any atom is -0.386 e. The van der Waals surface area contributed by atoms with Gasteiger partial charge in [0.25, 0.3) is 5.91 Å². The number of hydrogen-bond donors (Lipinski definition) is 2. The lowest BCUT2D eigenvalue weighted by molar-refractivity contribution is -0.132. The van der Waals surface area contributed by atoms with Gasteiger partial charge in [-0.3, -0.25) is 9.69 Å². The van der Waals surface area contributed by atoms with Crippen LogP contribution in [0.5, 0.6) is 0 Å². The molecule has 2 rings (SSSR count). The number of halogens is 1. The molecule has 1 aliphatic heterocycles. The molecule has 0 bridgehead atoms. The Morgan fingerprint density at radius 1 is 1.38 bits per heavy atom. The first-order valence-electron chi connectivity index (χ1n) is 6.95. The molecule has 1 fully saturated rings. The van der Waals surface area contributed by atoms with E-state index in [0.29, 0.717) is 6.42 Å². The SMILES string of the molecule is CCC[C@]1(C)NC(=O)N(C[C@H](O)c2ccccc2F)C1=O. The largest absolute Gasteiger partial charge is 0.386 e. The van der Waals surface area contributed by atoms with Crippen LogP contribution in [0.4, 0.5) is 9.18 Å². The van der Waals surface area contributed by atoms with Gasteiger partial charge in [-0.25, -0.2) is 9.18 Å². The van der Waals surface area contributed by atoms with Crippen molar-refractivity contribution in [2.24, 2.45) is 0 Å². The van der Waals surface area contributed by atoms with Gasteiger partial charge in [-0.15, -0.1) is 0 Å². The van der Waals surface area contributed by atoms with Gasteiger partial charge >= 0.3 is 6.03 Å². The van der Waals surface area contributed by atoms with E-state index in [1.807, 2.05) is 6.92 Å². The molecule has 1 aliphatic rings. The highest BCUT2D eigenvalue weighted by atomic mass is 19.1. The number of rotatable bonds is 5. The van der Waals surface area contributed by atoms with Crippen LogP contribution in [-0.2, 0) is 4.79 Å². The zero-order valence-electron chi connectivity index (χ0n) is 12.1. The van der Waals surface area contributed by atoms with Crippen molar-refractivity contribution < 1.29 is 19.1 Å². The second kappa shape index (κ2) is 5.81. The van der Waals surface area contributed by atoms with Crippen molar-refractivity contribution in [2.75, 3.05) is 6.54 Å². The summed E-state index contributed by atoms with van der Waals surface area (Å²) in [6, 6.07) is 5.22. The fourth-order valence-electron chi connectivity index (χ4n) is 2.60. The number of amides is 3. The van der Waals surface area contributed by atoms with E-state index in [4.69, 9.17) is 0 Å². The maximum atomic E-state index is 13.6. The van der Waals surface area contributed by atoms with Crippen LogP contribution in [0.3, 0.4) is 0 Å². The van der Waals surface area contributed by atoms with E-state index in [2.05, 4.69) is 5.32 Å². The Balaban J connectivity index is 2.15. The average molecular weight is 294 g/mol. The summed E-state index contributed by atoms with van der Waals surface area (Å²) in [5.41, 5.74) is -0.872. The summed E-state index contributed by atoms with van der Waals surface area (Å²) < 4.78 is 13.6. The molecule has 0 aliphatic carbocycles. The number of nitrogens with zero attached hydrogens (tertiary/aromatic N) is 1. The molecule has 0 unspecified atom stereocenters. The number of hydrogen-bond acceptors (Lipinski definition) is 3. The normalized spacial score (nSPS) is 23.3. The van der Waals surface area contributed by atoms with Gasteiger partial charge in [0.2, 0.25) is 0 Å². The van der Waals surface area contributed by atoms with E-state index >= 15 is 0 Å². The first-order chi connectivity index (χ1) is 9.89. The molecule has 2 N–H and O–H groups in total. The summed E-state index contributed by atoms with van der Waals surface area (Å²) in [5, 5.41) is 12.7. The fourth-order valence-corrected chi connectivity index (χ4v) is 2.60. The smallest absolute Gasteiger partial charge is 0.325 e. The van der Waals surface area contributed by atoms with Gasteiger partial charge < -0.3 is 10.4 Å². The molecule has 1 saturated heterocycles. The van der Waals surface area contributed by atoms with Crippen molar-refractivity contribution in [3.8, 4) is 0 Å². The third kappa shape index (κ3) is 2.90. The maximum Gasteiger partial charge on any atom is 0.325 e. The predicted molar refractivity (Wildman–Crippen MR) is 74.9 cm³/mol. The Hall–Kier alpha value is -1.95. The third-order valence-corrected chi connectivity index (χ3v) is 3.71. The minimum absolute atomic E-state index is 0.0715. The summed E-state index contributed by atoms with van der Waals surface area (Å²) in [4.78, 5) is 25.2. The molecule has 1 aromatic carbocycles. The number of benzene rings is 1. The molecule has 3 amide bonds. The molecule has 5 nitrogen and oxygen atoms in total. The zero-order chi connectivity index (χ0) is 15.6. The Bertz CT molecular complexity index is 564. The molecule has 6 heteroatoms. The Labute approximate surface area is 122 Å². The van der Waals surface area contributed by atoms with E-state index in [0.717, 1.165) is 11.3 Å². The van der Waals surface area contributed by atoms with Crippen LogP contribution >= 0.6 is 0 Å². The quantitative estimate of drug-likeness (QED) is 0.816. The molecule has 114 valence electrons. The van der Waals surface area contributed by atoms with Gasteiger partial charge in [0.05, 0.1) is 12.6 Å². The third-order valence-electron chi connectivity index (χ3n) is 3.71. The number of urea groups is 1. The monoisotopic (exact) mass is 294 g/mol. The van der Waals surface area contributed by atoms with Crippen LogP contribution in [0.25, 0.3) is 0 Å². The Kier molecular flexibility index (Phi) is 4.27. The van der Waals surface area contributed by atoms with E-state index in [1.54, 1.807) is 13.0 Å². The van der Waals surface area contributed by atoms with Crippen LogP contribution in [-0.4, -0.2) is 34.0 Å². The zero-order valence-corrected chi connectivity index (χ0v) is 12.1. The molecule has 2 atom stereocenters. The molecular weight excluding hydrogens is 275 g/mol. The number of aliphatic hydroxyl groups is 1. The van der Waals surface area contributed by atoms with Crippen molar-refractivity contribution in [1.82, 2.24) is 10.2 Å². The average Bonchev–Trinajstić information content (AvgIpc) is 2.63. The van der Waals surface area contributed by atoms with E-state index in [-0.39, 0.29) is 18.0 Å². The molecular formula is C15H19FN2O3. The van der Waals surface area contributed by atoms with Gasteiger partial charge in [-0.2, -0.15) is 0 Å². The molecule has 0 saturated carbocycles. The summed E-state index contributed by atoms with van der Waals surface area (Å²) in [7, 11) is 0. The topological polar surface area (TPSA) is 69.6 Å². The number of β-amino-alcohol motifs (C(OH)–C–C–N with tert-alkyl or cyclic N) is 1. The lowest BCUT2D eigenvalue weighted by Gasteiger charge is -2.22. The van der Waals surface area contributed by atoms with Crippen LogP contribution in [0.2, 0.25) is 0 Å². The summed E-state index contributed by atoms with van der Waals surface area (Å²) >= 11 is 0. The maximum absolute atomic E-state index is 13.6. The Morgan fingerprint density at radius 2 is 2.05 bits per heavy atom. The van der Waals surface area contributed by atoms with Crippen molar-refractivity contribution in [2.45, 2.75) is 38.3 Å². The van der Waals surface area contributed by atoms with Crippen LogP contribution in [0.15, 0.2) is 24.3 Å². The van der Waals surface area contributed by atoms with Crippen LogP contribution < -0.4 is 5.32 Å². The lowest BCUT2D eigenvalue weighted by atomic mass is 9.96. The van der Waals surface area contributed by atoms with Crippen LogP contribution in [0.1, 0.15) is 38.4 Å². The van der Waals surface area contributed by atoms with Gasteiger partial charge in [0, 0.05) is 5.56 Å². The van der Waals surface area contributed by atoms with Crippen LogP contribution in [0, 0.1) is 5.82 Å². The van der Waals surface area contributed by atoms with Crippen molar-refractivity contribution >= 4 is 11.9 Å². The molecule has 1 aromatic rings. The number of nitrogens with one attached hydrogen (secondary N) is 1.